The van der Waals surface area contributed by atoms with E-state index in [9.17, 15) is 4.79 Å². The second-order valence-corrected chi connectivity index (χ2v) is 5.26. The Kier molecular flexibility index (Phi) is 2.73. The van der Waals surface area contributed by atoms with Gasteiger partial charge in [0.05, 0.1) is 12.0 Å². The molecule has 1 heterocycles. The van der Waals surface area contributed by atoms with Crippen LogP contribution in [0.5, 0.6) is 0 Å². The zero-order valence-corrected chi connectivity index (χ0v) is 10.5. The third-order valence-electron chi connectivity index (χ3n) is 2.91. The Labute approximate surface area is 101 Å². The van der Waals surface area contributed by atoms with Crippen LogP contribution in [0, 0.1) is 0 Å². The molecule has 0 spiro atoms. The second-order valence-electron chi connectivity index (χ2n) is 5.26. The molecule has 0 aromatic heterocycles. The minimum atomic E-state index is -0.431. The van der Waals surface area contributed by atoms with Gasteiger partial charge in [-0.15, -0.1) is 0 Å². The molecule has 0 fully saturated rings. The van der Waals surface area contributed by atoms with E-state index in [1.165, 1.54) is 0 Å². The molecular formula is C13H18N2O2. The summed E-state index contributed by atoms with van der Waals surface area (Å²) in [4.78, 5) is 13.3. The predicted octanol–water partition coefficient (Wildman–Crippen LogP) is 2.64. The molecule has 2 rings (SSSR count). The molecule has 0 saturated heterocycles. The van der Waals surface area contributed by atoms with Crippen molar-refractivity contribution in [1.29, 1.82) is 0 Å². The molecule has 0 aromatic rings. The highest BCUT2D eigenvalue weighted by molar-refractivity contribution is 5.75. The molecule has 1 aliphatic heterocycles. The molecule has 1 aliphatic carbocycles. The number of hydrogen-bond donors (Lipinski definition) is 1. The minimum absolute atomic E-state index is 0.339. The van der Waals surface area contributed by atoms with Gasteiger partial charge >= 0.3 is 6.03 Å². The maximum atomic E-state index is 11.6. The highest BCUT2D eigenvalue weighted by atomic mass is 16.5. The first-order valence-electron chi connectivity index (χ1n) is 5.77. The number of hydrogen-bond acceptors (Lipinski definition) is 2. The van der Waals surface area contributed by atoms with Crippen LogP contribution in [0.1, 0.15) is 33.6 Å². The predicted molar refractivity (Wildman–Crippen MR) is 65.7 cm³/mol. The number of rotatable bonds is 1. The smallest absolute Gasteiger partial charge is 0.319 e. The average Bonchev–Trinajstić information content (AvgIpc) is 2.60. The third-order valence-corrected chi connectivity index (χ3v) is 2.91. The summed E-state index contributed by atoms with van der Waals surface area (Å²) >= 11 is 0. The van der Waals surface area contributed by atoms with Crippen LogP contribution in [-0.2, 0) is 4.74 Å². The fourth-order valence-electron chi connectivity index (χ4n) is 2.31. The molecule has 92 valence electrons. The zero-order valence-electron chi connectivity index (χ0n) is 10.5. The van der Waals surface area contributed by atoms with Gasteiger partial charge in [-0.05, 0) is 45.3 Å². The summed E-state index contributed by atoms with van der Waals surface area (Å²) in [5.41, 5.74) is 7.17. The first kappa shape index (κ1) is 11.8. The Balaban J connectivity index is 2.42. The first-order valence-corrected chi connectivity index (χ1v) is 5.77. The van der Waals surface area contributed by atoms with E-state index in [1.807, 2.05) is 32.9 Å². The van der Waals surface area contributed by atoms with E-state index in [1.54, 1.807) is 11.2 Å². The molecule has 17 heavy (non-hydrogen) atoms. The quantitative estimate of drug-likeness (QED) is 0.758. The van der Waals surface area contributed by atoms with Crippen LogP contribution < -0.4 is 5.73 Å². The minimum Gasteiger partial charge on any atom is -0.463 e. The van der Waals surface area contributed by atoms with Gasteiger partial charge in [0.15, 0.2) is 0 Å². The van der Waals surface area contributed by atoms with E-state index in [0.29, 0.717) is 0 Å². The number of amides is 2. The van der Waals surface area contributed by atoms with Crippen molar-refractivity contribution in [3.8, 4) is 0 Å². The number of carbonyl (C=O) groups excluding carboxylic acids is 1. The summed E-state index contributed by atoms with van der Waals surface area (Å²) in [6, 6.07) is -0.431. The monoisotopic (exact) mass is 234 g/mol. The summed E-state index contributed by atoms with van der Waals surface area (Å²) in [5.74, 6) is 0.793. The van der Waals surface area contributed by atoms with Crippen molar-refractivity contribution in [2.24, 2.45) is 5.73 Å². The fraction of sp³-hybridized carbons (Fsp3) is 0.462. The molecular weight excluding hydrogens is 216 g/mol. The SMILES string of the molecule is CC(C)(C)N(C(N)=O)C1=C2OC=CC=C2CC1. The van der Waals surface area contributed by atoms with Crippen LogP contribution in [0.3, 0.4) is 0 Å². The summed E-state index contributed by atoms with van der Waals surface area (Å²) in [5, 5.41) is 0. The van der Waals surface area contributed by atoms with Crippen molar-refractivity contribution in [3.63, 3.8) is 0 Å². The molecule has 4 nitrogen and oxygen atoms in total. The topological polar surface area (TPSA) is 55.6 Å². The van der Waals surface area contributed by atoms with Crippen molar-refractivity contribution in [2.45, 2.75) is 39.2 Å². The average molecular weight is 234 g/mol. The Morgan fingerprint density at radius 3 is 2.71 bits per heavy atom. The molecule has 0 radical (unpaired) electrons. The molecule has 4 heteroatoms. The normalized spacial score (nSPS) is 18.6. The van der Waals surface area contributed by atoms with E-state index >= 15 is 0 Å². The standard InChI is InChI=1S/C13H18N2O2/c1-13(2,3)15(12(14)16)10-7-6-9-5-4-8-17-11(9)10/h4-5,8H,6-7H2,1-3H3,(H2,14,16). The summed E-state index contributed by atoms with van der Waals surface area (Å²) < 4.78 is 5.52. The van der Waals surface area contributed by atoms with Gasteiger partial charge in [-0.1, -0.05) is 6.08 Å². The van der Waals surface area contributed by atoms with Gasteiger partial charge in [-0.2, -0.15) is 0 Å². The van der Waals surface area contributed by atoms with Gasteiger partial charge in [-0.3, -0.25) is 4.90 Å². The third kappa shape index (κ3) is 2.07. The fourth-order valence-corrected chi connectivity index (χ4v) is 2.31. The number of urea groups is 1. The van der Waals surface area contributed by atoms with Gasteiger partial charge in [0.2, 0.25) is 0 Å². The van der Waals surface area contributed by atoms with Crippen LogP contribution in [0.4, 0.5) is 4.79 Å². The van der Waals surface area contributed by atoms with Crippen LogP contribution in [-0.4, -0.2) is 16.5 Å². The van der Waals surface area contributed by atoms with Crippen molar-refractivity contribution in [2.75, 3.05) is 0 Å². The molecule has 2 N–H and O–H groups in total. The lowest BCUT2D eigenvalue weighted by atomic mass is 10.1. The molecule has 2 aliphatic rings. The maximum absolute atomic E-state index is 11.6. The number of fused-ring (bicyclic) bond motifs is 1. The van der Waals surface area contributed by atoms with Gasteiger partial charge in [0.1, 0.15) is 5.76 Å². The Morgan fingerprint density at radius 1 is 1.41 bits per heavy atom. The van der Waals surface area contributed by atoms with Gasteiger partial charge in [0, 0.05) is 5.54 Å². The number of nitrogens with two attached hydrogens (primary N) is 1. The van der Waals surface area contributed by atoms with Crippen LogP contribution in [0.25, 0.3) is 0 Å². The van der Waals surface area contributed by atoms with E-state index in [0.717, 1.165) is 29.9 Å². The molecule has 2 amide bonds. The highest BCUT2D eigenvalue weighted by Gasteiger charge is 2.34. The first-order chi connectivity index (χ1) is 7.91. The molecule has 0 aromatic carbocycles. The largest absolute Gasteiger partial charge is 0.463 e. The number of carbonyl (C=O) groups is 1. The molecule has 0 atom stereocenters. The number of allylic oxidation sites excluding steroid dienone is 4. The second kappa shape index (κ2) is 3.95. The summed E-state index contributed by atoms with van der Waals surface area (Å²) in [6.45, 7) is 5.89. The summed E-state index contributed by atoms with van der Waals surface area (Å²) in [7, 11) is 0. The highest BCUT2D eigenvalue weighted by Crippen LogP contribution is 2.38. The van der Waals surface area contributed by atoms with E-state index in [2.05, 4.69) is 0 Å². The van der Waals surface area contributed by atoms with Gasteiger partial charge in [-0.25, -0.2) is 4.79 Å². The molecule has 0 saturated carbocycles. The lowest BCUT2D eigenvalue weighted by Gasteiger charge is -2.35. The zero-order chi connectivity index (χ0) is 12.6. The number of ether oxygens (including phenoxy) is 1. The molecule has 0 bridgehead atoms. The number of primary amides is 1. The maximum Gasteiger partial charge on any atom is 0.319 e. The van der Waals surface area contributed by atoms with Crippen molar-refractivity contribution in [3.05, 3.63) is 35.4 Å². The van der Waals surface area contributed by atoms with Crippen molar-refractivity contribution >= 4 is 6.03 Å². The van der Waals surface area contributed by atoms with Crippen LogP contribution in [0.2, 0.25) is 0 Å². The number of nitrogens with zero attached hydrogens (tertiary/aromatic N) is 1. The van der Waals surface area contributed by atoms with E-state index in [-0.39, 0.29) is 5.54 Å². The summed E-state index contributed by atoms with van der Waals surface area (Å²) in [6.07, 6.45) is 7.21. The van der Waals surface area contributed by atoms with Crippen LogP contribution >= 0.6 is 0 Å². The van der Waals surface area contributed by atoms with Gasteiger partial charge in [0.25, 0.3) is 0 Å². The van der Waals surface area contributed by atoms with Gasteiger partial charge < -0.3 is 10.5 Å². The Bertz CT molecular complexity index is 439. The van der Waals surface area contributed by atoms with E-state index in [4.69, 9.17) is 10.5 Å². The van der Waals surface area contributed by atoms with E-state index < -0.39 is 6.03 Å². The lowest BCUT2D eigenvalue weighted by Crippen LogP contribution is -2.47. The van der Waals surface area contributed by atoms with Crippen LogP contribution in [0.15, 0.2) is 35.4 Å². The molecule has 0 unspecified atom stereocenters. The Hall–Kier alpha value is -1.71. The Morgan fingerprint density at radius 2 is 2.12 bits per heavy atom. The van der Waals surface area contributed by atoms with Crippen molar-refractivity contribution < 1.29 is 9.53 Å². The lowest BCUT2D eigenvalue weighted by molar-refractivity contribution is 0.172. The van der Waals surface area contributed by atoms with Crippen molar-refractivity contribution in [1.82, 2.24) is 4.90 Å².